The smallest absolute Gasteiger partial charge is 0.415 e. The van der Waals surface area contributed by atoms with E-state index in [1.807, 2.05) is 55.5 Å². The number of cyclic esters (lactones) is 1. The van der Waals surface area contributed by atoms with Crippen molar-refractivity contribution in [2.45, 2.75) is 13.0 Å². The molecule has 0 aliphatic carbocycles. The molecule has 1 heterocycles. The highest BCUT2D eigenvalue weighted by Gasteiger charge is 2.33. The highest BCUT2D eigenvalue weighted by Crippen LogP contribution is 2.32. The third-order valence-corrected chi connectivity index (χ3v) is 3.51. The molecule has 4 nitrogen and oxygen atoms in total. The number of ether oxygens (including phenoxy) is 1. The number of anilines is 2. The lowest BCUT2D eigenvalue weighted by Crippen LogP contribution is -2.24. The molecule has 0 bridgehead atoms. The zero-order valence-electron chi connectivity index (χ0n) is 11.2. The Morgan fingerprint density at radius 1 is 1.20 bits per heavy atom. The summed E-state index contributed by atoms with van der Waals surface area (Å²) in [6.07, 6.45) is -0.558. The van der Waals surface area contributed by atoms with Crippen LogP contribution in [0.2, 0.25) is 0 Å². The summed E-state index contributed by atoms with van der Waals surface area (Å²) < 4.78 is 5.46. The van der Waals surface area contributed by atoms with Gasteiger partial charge in [0.25, 0.3) is 0 Å². The molecule has 1 amide bonds. The first-order valence-electron chi connectivity index (χ1n) is 6.54. The molecule has 0 aromatic heterocycles. The second-order valence-corrected chi connectivity index (χ2v) is 4.94. The van der Waals surface area contributed by atoms with E-state index in [1.165, 1.54) is 0 Å². The summed E-state index contributed by atoms with van der Waals surface area (Å²) in [4.78, 5) is 13.7. The number of rotatable bonds is 2. The van der Waals surface area contributed by atoms with Crippen LogP contribution in [-0.4, -0.2) is 12.6 Å². The minimum atomic E-state index is -0.326. The molecule has 2 aromatic carbocycles. The highest BCUT2D eigenvalue weighted by molar-refractivity contribution is 5.91. The van der Waals surface area contributed by atoms with Crippen LogP contribution < -0.4 is 10.6 Å². The van der Waals surface area contributed by atoms with E-state index in [9.17, 15) is 4.79 Å². The van der Waals surface area contributed by atoms with Crippen molar-refractivity contribution in [3.63, 3.8) is 0 Å². The Morgan fingerprint density at radius 3 is 2.70 bits per heavy atom. The Balaban J connectivity index is 1.89. The molecule has 0 saturated carbocycles. The predicted molar refractivity (Wildman–Crippen MR) is 78.6 cm³/mol. The van der Waals surface area contributed by atoms with Crippen molar-refractivity contribution in [3.8, 4) is 0 Å². The van der Waals surface area contributed by atoms with Gasteiger partial charge in [0.2, 0.25) is 0 Å². The molecular formula is C16H16N2O2. The van der Waals surface area contributed by atoms with Gasteiger partial charge in [-0.3, -0.25) is 4.90 Å². The number of hydrogen-bond acceptors (Lipinski definition) is 3. The fourth-order valence-electron chi connectivity index (χ4n) is 2.42. The summed E-state index contributed by atoms with van der Waals surface area (Å²) in [7, 11) is 0. The molecule has 4 heteroatoms. The van der Waals surface area contributed by atoms with E-state index >= 15 is 0 Å². The molecular weight excluding hydrogens is 252 g/mol. The molecule has 0 radical (unpaired) electrons. The van der Waals surface area contributed by atoms with Crippen LogP contribution in [0, 0.1) is 6.92 Å². The van der Waals surface area contributed by atoms with E-state index in [4.69, 9.17) is 10.5 Å². The van der Waals surface area contributed by atoms with Crippen molar-refractivity contribution in [3.05, 3.63) is 59.7 Å². The van der Waals surface area contributed by atoms with Crippen LogP contribution in [0.3, 0.4) is 0 Å². The second-order valence-electron chi connectivity index (χ2n) is 4.94. The van der Waals surface area contributed by atoms with E-state index in [2.05, 4.69) is 0 Å². The van der Waals surface area contributed by atoms with Crippen molar-refractivity contribution in [2.24, 2.45) is 0 Å². The number of nitrogens with two attached hydrogens (primary N) is 1. The van der Waals surface area contributed by atoms with Gasteiger partial charge in [0, 0.05) is 5.69 Å². The first-order chi connectivity index (χ1) is 9.65. The summed E-state index contributed by atoms with van der Waals surface area (Å²) in [5, 5.41) is 0. The van der Waals surface area contributed by atoms with E-state index in [1.54, 1.807) is 4.90 Å². The number of aryl methyl sites for hydroxylation is 1. The fraction of sp³-hybridized carbons (Fsp3) is 0.188. The SMILES string of the molecule is Cc1ccc(N)cc1N1CC(c2ccccc2)OC1=O. The fourth-order valence-corrected chi connectivity index (χ4v) is 2.42. The molecule has 1 atom stereocenters. The van der Waals surface area contributed by atoms with Gasteiger partial charge in [-0.15, -0.1) is 0 Å². The number of carbonyl (C=O) groups is 1. The Hall–Kier alpha value is -2.49. The average Bonchev–Trinajstić information content (AvgIpc) is 2.84. The quantitative estimate of drug-likeness (QED) is 0.850. The Morgan fingerprint density at radius 2 is 1.95 bits per heavy atom. The van der Waals surface area contributed by atoms with Crippen molar-refractivity contribution in [2.75, 3.05) is 17.2 Å². The maximum atomic E-state index is 12.1. The Kier molecular flexibility index (Phi) is 3.06. The van der Waals surface area contributed by atoms with Gasteiger partial charge in [0.15, 0.2) is 0 Å². The molecule has 0 spiro atoms. The summed E-state index contributed by atoms with van der Waals surface area (Å²) in [5.41, 5.74) is 9.27. The van der Waals surface area contributed by atoms with Crippen LogP contribution in [0.25, 0.3) is 0 Å². The highest BCUT2D eigenvalue weighted by atomic mass is 16.6. The third-order valence-electron chi connectivity index (χ3n) is 3.51. The lowest BCUT2D eigenvalue weighted by atomic mass is 10.1. The number of nitrogen functional groups attached to an aromatic ring is 1. The van der Waals surface area contributed by atoms with Crippen LogP contribution in [0.1, 0.15) is 17.2 Å². The lowest BCUT2D eigenvalue weighted by Gasteiger charge is -2.16. The number of carbonyl (C=O) groups excluding carboxylic acids is 1. The molecule has 2 aromatic rings. The van der Waals surface area contributed by atoms with E-state index < -0.39 is 0 Å². The molecule has 1 fully saturated rings. The normalized spacial score (nSPS) is 18.1. The first kappa shape index (κ1) is 12.5. The molecule has 1 saturated heterocycles. The van der Waals surface area contributed by atoms with E-state index in [-0.39, 0.29) is 12.2 Å². The summed E-state index contributed by atoms with van der Waals surface area (Å²) in [5.74, 6) is 0. The number of amides is 1. The van der Waals surface area contributed by atoms with Crippen LogP contribution in [0.4, 0.5) is 16.2 Å². The molecule has 1 unspecified atom stereocenters. The Bertz CT molecular complexity index is 640. The molecule has 2 N–H and O–H groups in total. The number of benzene rings is 2. The zero-order chi connectivity index (χ0) is 14.1. The van der Waals surface area contributed by atoms with Crippen molar-refractivity contribution in [1.29, 1.82) is 0 Å². The first-order valence-corrected chi connectivity index (χ1v) is 6.54. The van der Waals surface area contributed by atoms with E-state index in [0.717, 1.165) is 16.8 Å². The van der Waals surface area contributed by atoms with Crippen LogP contribution in [0.5, 0.6) is 0 Å². The number of nitrogens with zero attached hydrogens (tertiary/aromatic N) is 1. The minimum Gasteiger partial charge on any atom is -0.439 e. The maximum Gasteiger partial charge on any atom is 0.415 e. The van der Waals surface area contributed by atoms with Gasteiger partial charge in [-0.2, -0.15) is 0 Å². The van der Waals surface area contributed by atoms with Crippen molar-refractivity contribution < 1.29 is 9.53 Å². The lowest BCUT2D eigenvalue weighted by molar-refractivity contribution is 0.142. The molecule has 1 aliphatic rings. The van der Waals surface area contributed by atoms with Gasteiger partial charge in [-0.1, -0.05) is 36.4 Å². The summed E-state index contributed by atoms with van der Waals surface area (Å²) in [6, 6.07) is 15.3. The molecule has 1 aliphatic heterocycles. The predicted octanol–water partition coefficient (Wildman–Crippen LogP) is 3.28. The summed E-state index contributed by atoms with van der Waals surface area (Å²) in [6.45, 7) is 2.46. The van der Waals surface area contributed by atoms with Crippen molar-refractivity contribution in [1.82, 2.24) is 0 Å². The van der Waals surface area contributed by atoms with Gasteiger partial charge in [0.1, 0.15) is 6.10 Å². The van der Waals surface area contributed by atoms with Crippen LogP contribution >= 0.6 is 0 Å². The second kappa shape index (κ2) is 4.89. The van der Waals surface area contributed by atoms with Gasteiger partial charge in [-0.25, -0.2) is 4.79 Å². The third kappa shape index (κ3) is 2.20. The van der Waals surface area contributed by atoms with E-state index in [0.29, 0.717) is 12.2 Å². The minimum absolute atomic E-state index is 0.232. The van der Waals surface area contributed by atoms with Crippen molar-refractivity contribution >= 4 is 17.5 Å². The standard InChI is InChI=1S/C16H16N2O2/c1-11-7-8-13(17)9-14(11)18-10-15(20-16(18)19)12-5-3-2-4-6-12/h2-9,15H,10,17H2,1H3. The maximum absolute atomic E-state index is 12.1. The van der Waals surface area contributed by atoms with Gasteiger partial charge in [0.05, 0.1) is 12.2 Å². The summed E-state index contributed by atoms with van der Waals surface area (Å²) >= 11 is 0. The van der Waals surface area contributed by atoms with Crippen LogP contribution in [-0.2, 0) is 4.74 Å². The largest absolute Gasteiger partial charge is 0.439 e. The molecule has 20 heavy (non-hydrogen) atoms. The monoisotopic (exact) mass is 268 g/mol. The molecule has 3 rings (SSSR count). The van der Waals surface area contributed by atoms with Crippen LogP contribution in [0.15, 0.2) is 48.5 Å². The van der Waals surface area contributed by atoms with Gasteiger partial charge < -0.3 is 10.5 Å². The number of hydrogen-bond donors (Lipinski definition) is 1. The topological polar surface area (TPSA) is 55.6 Å². The Labute approximate surface area is 117 Å². The van der Waals surface area contributed by atoms with Gasteiger partial charge in [-0.05, 0) is 30.2 Å². The molecule has 102 valence electrons. The average molecular weight is 268 g/mol. The zero-order valence-corrected chi connectivity index (χ0v) is 11.2. The van der Waals surface area contributed by atoms with Gasteiger partial charge >= 0.3 is 6.09 Å².